The Hall–Kier alpha value is -3.34. The molecule has 0 saturated heterocycles. The Bertz CT molecular complexity index is 914. The maximum absolute atomic E-state index is 12.2. The molecule has 0 radical (unpaired) electrons. The third kappa shape index (κ3) is 4.19. The number of hydrogen-bond donors (Lipinski definition) is 0. The molecule has 3 aromatic rings. The summed E-state index contributed by atoms with van der Waals surface area (Å²) in [6.45, 7) is 0.380. The summed E-state index contributed by atoms with van der Waals surface area (Å²) in [5.74, 6) is 1.45. The molecule has 0 unspecified atom stereocenters. The van der Waals surface area contributed by atoms with Gasteiger partial charge in [0, 0.05) is 18.8 Å². The lowest BCUT2D eigenvalue weighted by Crippen LogP contribution is -2.03. The van der Waals surface area contributed by atoms with E-state index in [4.69, 9.17) is 9.47 Å². The molecule has 0 spiro atoms. The highest BCUT2D eigenvalue weighted by Crippen LogP contribution is 2.23. The van der Waals surface area contributed by atoms with E-state index >= 15 is 0 Å². The number of allylic oxidation sites excluding steroid dienone is 1. The van der Waals surface area contributed by atoms with Crippen molar-refractivity contribution in [2.75, 3.05) is 7.11 Å². The minimum absolute atomic E-state index is 0.0945. The van der Waals surface area contributed by atoms with Gasteiger partial charge in [-0.05, 0) is 42.0 Å². The summed E-state index contributed by atoms with van der Waals surface area (Å²) in [7, 11) is 3.37. The standard InChI is InChI=1S/C21H20N2O3/c1-23-19(12-13-22-23)20(24)10-8-16-9-11-21(25-2)17(14-16)15-26-18-6-4-3-5-7-18/h3-14H,15H2,1-2H3/b10-8+. The van der Waals surface area contributed by atoms with Gasteiger partial charge in [-0.3, -0.25) is 9.48 Å². The zero-order chi connectivity index (χ0) is 18.4. The van der Waals surface area contributed by atoms with Gasteiger partial charge in [0.2, 0.25) is 5.78 Å². The minimum Gasteiger partial charge on any atom is -0.496 e. The van der Waals surface area contributed by atoms with Gasteiger partial charge in [0.15, 0.2) is 0 Å². The van der Waals surface area contributed by atoms with Crippen LogP contribution in [0.4, 0.5) is 0 Å². The second-order valence-corrected chi connectivity index (χ2v) is 5.71. The molecule has 0 amide bonds. The molecule has 1 aromatic heterocycles. The Labute approximate surface area is 152 Å². The lowest BCUT2D eigenvalue weighted by atomic mass is 10.1. The molecule has 5 nitrogen and oxygen atoms in total. The molecule has 1 heterocycles. The number of benzene rings is 2. The first-order valence-electron chi connectivity index (χ1n) is 8.22. The van der Waals surface area contributed by atoms with Crippen molar-refractivity contribution in [3.63, 3.8) is 0 Å². The molecule has 0 atom stereocenters. The maximum atomic E-state index is 12.2. The summed E-state index contributed by atoms with van der Waals surface area (Å²) in [4.78, 5) is 12.2. The second kappa shape index (κ2) is 8.16. The SMILES string of the molecule is COc1ccc(/C=C/C(=O)c2ccnn2C)cc1COc1ccccc1. The predicted molar refractivity (Wildman–Crippen MR) is 100 cm³/mol. The smallest absolute Gasteiger partial charge is 0.203 e. The van der Waals surface area contributed by atoms with Crippen LogP contribution in [-0.2, 0) is 13.7 Å². The fourth-order valence-corrected chi connectivity index (χ4v) is 2.57. The number of ketones is 1. The van der Waals surface area contributed by atoms with Crippen LogP contribution in [0.25, 0.3) is 6.08 Å². The van der Waals surface area contributed by atoms with Crippen LogP contribution >= 0.6 is 0 Å². The summed E-state index contributed by atoms with van der Waals surface area (Å²) < 4.78 is 12.8. The van der Waals surface area contributed by atoms with Gasteiger partial charge in [0.25, 0.3) is 0 Å². The molecule has 0 saturated carbocycles. The summed E-state index contributed by atoms with van der Waals surface area (Å²) >= 11 is 0. The summed E-state index contributed by atoms with van der Waals surface area (Å²) in [5, 5.41) is 4.01. The summed E-state index contributed by atoms with van der Waals surface area (Å²) in [6.07, 6.45) is 4.93. The molecule has 0 fully saturated rings. The molecule has 0 bridgehead atoms. The lowest BCUT2D eigenvalue weighted by molar-refractivity contribution is 0.103. The summed E-state index contributed by atoms with van der Waals surface area (Å²) in [5.41, 5.74) is 2.35. The van der Waals surface area contributed by atoms with Gasteiger partial charge in [0.1, 0.15) is 23.8 Å². The Balaban J connectivity index is 1.75. The highest BCUT2D eigenvalue weighted by molar-refractivity contribution is 6.05. The van der Waals surface area contributed by atoms with Crippen molar-refractivity contribution in [2.24, 2.45) is 7.05 Å². The Morgan fingerprint density at radius 1 is 1.15 bits per heavy atom. The Morgan fingerprint density at radius 2 is 1.96 bits per heavy atom. The molecular formula is C21H20N2O3. The number of para-hydroxylation sites is 1. The lowest BCUT2D eigenvalue weighted by Gasteiger charge is -2.11. The number of ether oxygens (including phenoxy) is 2. The molecule has 0 aliphatic rings. The number of carbonyl (C=O) groups is 1. The molecule has 0 aliphatic carbocycles. The van der Waals surface area contributed by atoms with Crippen molar-refractivity contribution in [2.45, 2.75) is 6.61 Å². The van der Waals surface area contributed by atoms with Crippen LogP contribution in [0.2, 0.25) is 0 Å². The molecular weight excluding hydrogens is 328 g/mol. The van der Waals surface area contributed by atoms with E-state index in [9.17, 15) is 4.79 Å². The van der Waals surface area contributed by atoms with Gasteiger partial charge in [-0.2, -0.15) is 5.10 Å². The van der Waals surface area contributed by atoms with E-state index in [2.05, 4.69) is 5.10 Å². The minimum atomic E-state index is -0.0945. The fraction of sp³-hybridized carbons (Fsp3) is 0.143. The van der Waals surface area contributed by atoms with Gasteiger partial charge in [-0.25, -0.2) is 0 Å². The van der Waals surface area contributed by atoms with Crippen LogP contribution in [0.5, 0.6) is 11.5 Å². The van der Waals surface area contributed by atoms with Crippen LogP contribution < -0.4 is 9.47 Å². The van der Waals surface area contributed by atoms with Crippen LogP contribution in [0.1, 0.15) is 21.6 Å². The average Bonchev–Trinajstić information content (AvgIpc) is 3.11. The van der Waals surface area contributed by atoms with E-state index in [1.54, 1.807) is 43.3 Å². The topological polar surface area (TPSA) is 53.3 Å². The number of methoxy groups -OCH3 is 1. The maximum Gasteiger partial charge on any atom is 0.203 e. The van der Waals surface area contributed by atoms with E-state index in [1.807, 2.05) is 48.5 Å². The number of hydrogen-bond acceptors (Lipinski definition) is 4. The zero-order valence-electron chi connectivity index (χ0n) is 14.8. The number of aromatic nitrogens is 2. The highest BCUT2D eigenvalue weighted by atomic mass is 16.5. The first-order chi connectivity index (χ1) is 12.7. The number of aryl methyl sites for hydroxylation is 1. The molecule has 26 heavy (non-hydrogen) atoms. The molecule has 132 valence electrons. The first-order valence-corrected chi connectivity index (χ1v) is 8.22. The van der Waals surface area contributed by atoms with Gasteiger partial charge in [-0.1, -0.05) is 30.3 Å². The van der Waals surface area contributed by atoms with E-state index in [-0.39, 0.29) is 5.78 Å². The van der Waals surface area contributed by atoms with Crippen molar-refractivity contribution in [3.8, 4) is 11.5 Å². The van der Waals surface area contributed by atoms with Crippen molar-refractivity contribution in [1.29, 1.82) is 0 Å². The molecule has 0 N–H and O–H groups in total. The van der Waals surface area contributed by atoms with E-state index in [0.717, 1.165) is 22.6 Å². The first kappa shape index (κ1) is 17.5. The molecule has 3 rings (SSSR count). The van der Waals surface area contributed by atoms with E-state index in [1.165, 1.54) is 0 Å². The van der Waals surface area contributed by atoms with Crippen molar-refractivity contribution in [1.82, 2.24) is 9.78 Å². The Kier molecular flexibility index (Phi) is 5.49. The average molecular weight is 348 g/mol. The second-order valence-electron chi connectivity index (χ2n) is 5.71. The monoisotopic (exact) mass is 348 g/mol. The predicted octanol–water partition coefficient (Wildman–Crippen LogP) is 3.90. The Morgan fingerprint density at radius 3 is 2.65 bits per heavy atom. The third-order valence-electron chi connectivity index (χ3n) is 3.94. The third-order valence-corrected chi connectivity index (χ3v) is 3.94. The number of rotatable bonds is 7. The van der Waals surface area contributed by atoms with Gasteiger partial charge in [0.05, 0.1) is 7.11 Å². The van der Waals surface area contributed by atoms with Crippen molar-refractivity contribution < 1.29 is 14.3 Å². The van der Waals surface area contributed by atoms with Gasteiger partial charge < -0.3 is 9.47 Å². The van der Waals surface area contributed by atoms with Crippen molar-refractivity contribution >= 4 is 11.9 Å². The number of nitrogens with zero attached hydrogens (tertiary/aromatic N) is 2. The van der Waals surface area contributed by atoms with E-state index < -0.39 is 0 Å². The quantitative estimate of drug-likeness (QED) is 0.480. The zero-order valence-corrected chi connectivity index (χ0v) is 14.8. The van der Waals surface area contributed by atoms with Crippen LogP contribution in [0.15, 0.2) is 66.9 Å². The van der Waals surface area contributed by atoms with Crippen molar-refractivity contribution in [3.05, 3.63) is 83.7 Å². The highest BCUT2D eigenvalue weighted by Gasteiger charge is 2.07. The van der Waals surface area contributed by atoms with Crippen LogP contribution in [-0.4, -0.2) is 22.7 Å². The largest absolute Gasteiger partial charge is 0.496 e. The van der Waals surface area contributed by atoms with Crippen LogP contribution in [0.3, 0.4) is 0 Å². The molecule has 5 heteroatoms. The normalized spacial score (nSPS) is 10.8. The van der Waals surface area contributed by atoms with E-state index in [0.29, 0.717) is 12.3 Å². The van der Waals surface area contributed by atoms with Crippen LogP contribution in [0, 0.1) is 0 Å². The molecule has 0 aliphatic heterocycles. The van der Waals surface area contributed by atoms with Gasteiger partial charge >= 0.3 is 0 Å². The fourth-order valence-electron chi connectivity index (χ4n) is 2.57. The summed E-state index contributed by atoms with van der Waals surface area (Å²) in [6, 6.07) is 17.0. The molecule has 2 aromatic carbocycles. The number of carbonyl (C=O) groups excluding carboxylic acids is 1. The van der Waals surface area contributed by atoms with Gasteiger partial charge in [-0.15, -0.1) is 0 Å².